The summed E-state index contributed by atoms with van der Waals surface area (Å²) in [5.74, 6) is 2.28. The lowest BCUT2D eigenvalue weighted by Crippen LogP contribution is -2.15. The van der Waals surface area contributed by atoms with E-state index in [-0.39, 0.29) is 11.7 Å². The van der Waals surface area contributed by atoms with Crippen LogP contribution in [0.4, 0.5) is 5.69 Å². The lowest BCUT2D eigenvalue weighted by Gasteiger charge is -2.20. The van der Waals surface area contributed by atoms with Crippen molar-refractivity contribution in [3.05, 3.63) is 47.0 Å². The van der Waals surface area contributed by atoms with Crippen LogP contribution in [0.25, 0.3) is 6.08 Å². The molecule has 1 heterocycles. The van der Waals surface area contributed by atoms with Crippen LogP contribution in [-0.4, -0.2) is 33.2 Å². The standard InChI is InChI=1S/C22H25NO5/c1-13(2)16(22(24)14-5-6-17(23)19(10-14)26-4)9-15-11-20-21(12-18(15)25-3)28-8-7-27-20/h5-6,9-13H,7-8,23H2,1-4H3. The Balaban J connectivity index is 2.05. The molecule has 1 aliphatic heterocycles. The molecule has 0 unspecified atom stereocenters. The Morgan fingerprint density at radius 2 is 1.68 bits per heavy atom. The van der Waals surface area contributed by atoms with Gasteiger partial charge in [-0.15, -0.1) is 0 Å². The Bertz CT molecular complexity index is 917. The number of ketones is 1. The van der Waals surface area contributed by atoms with Gasteiger partial charge >= 0.3 is 0 Å². The minimum atomic E-state index is -0.0924. The van der Waals surface area contributed by atoms with E-state index in [1.54, 1.807) is 31.4 Å². The van der Waals surface area contributed by atoms with E-state index in [0.29, 0.717) is 53.0 Å². The summed E-state index contributed by atoms with van der Waals surface area (Å²) in [7, 11) is 3.11. The summed E-state index contributed by atoms with van der Waals surface area (Å²) in [6, 6.07) is 8.67. The molecule has 0 saturated heterocycles. The SMILES string of the molecule is COc1cc(C(=O)C(=Cc2cc3c(cc2OC)OCCO3)C(C)C)ccc1N. The minimum absolute atomic E-state index is 0.00560. The fraction of sp³-hybridized carbons (Fsp3) is 0.318. The molecule has 28 heavy (non-hydrogen) atoms. The topological polar surface area (TPSA) is 80.0 Å². The van der Waals surface area contributed by atoms with E-state index in [1.165, 1.54) is 7.11 Å². The largest absolute Gasteiger partial charge is 0.496 e. The predicted octanol–water partition coefficient (Wildman–Crippen LogP) is 3.98. The fourth-order valence-corrected chi connectivity index (χ4v) is 3.06. The van der Waals surface area contributed by atoms with Gasteiger partial charge < -0.3 is 24.7 Å². The molecule has 0 aliphatic carbocycles. The molecule has 2 N–H and O–H groups in total. The summed E-state index contributed by atoms with van der Waals surface area (Å²) in [4.78, 5) is 13.2. The summed E-state index contributed by atoms with van der Waals surface area (Å²) in [5.41, 5.74) is 8.27. The van der Waals surface area contributed by atoms with Crippen LogP contribution in [-0.2, 0) is 0 Å². The number of rotatable bonds is 6. The van der Waals surface area contributed by atoms with Crippen LogP contribution in [0.1, 0.15) is 29.8 Å². The summed E-state index contributed by atoms with van der Waals surface area (Å²) >= 11 is 0. The number of methoxy groups -OCH3 is 2. The number of hydrogen-bond acceptors (Lipinski definition) is 6. The molecular weight excluding hydrogens is 358 g/mol. The van der Waals surface area contributed by atoms with Crippen molar-refractivity contribution in [3.63, 3.8) is 0 Å². The Labute approximate surface area is 164 Å². The minimum Gasteiger partial charge on any atom is -0.496 e. The monoisotopic (exact) mass is 383 g/mol. The number of fused-ring (bicyclic) bond motifs is 1. The highest BCUT2D eigenvalue weighted by Crippen LogP contribution is 2.38. The summed E-state index contributed by atoms with van der Waals surface area (Å²) in [5, 5.41) is 0. The van der Waals surface area contributed by atoms with Crippen molar-refractivity contribution in [1.82, 2.24) is 0 Å². The normalized spacial score (nSPS) is 13.4. The van der Waals surface area contributed by atoms with E-state index in [4.69, 9.17) is 24.7 Å². The number of carbonyl (C=O) groups is 1. The highest BCUT2D eigenvalue weighted by Gasteiger charge is 2.20. The van der Waals surface area contributed by atoms with Gasteiger partial charge in [-0.25, -0.2) is 0 Å². The Kier molecular flexibility index (Phi) is 5.78. The van der Waals surface area contributed by atoms with E-state index < -0.39 is 0 Å². The van der Waals surface area contributed by atoms with E-state index in [1.807, 2.05) is 26.0 Å². The summed E-state index contributed by atoms with van der Waals surface area (Å²) in [6.07, 6.45) is 1.84. The summed E-state index contributed by atoms with van der Waals surface area (Å²) < 4.78 is 22.0. The third kappa shape index (κ3) is 3.91. The third-order valence-corrected chi connectivity index (χ3v) is 4.59. The van der Waals surface area contributed by atoms with Crippen LogP contribution in [0.3, 0.4) is 0 Å². The molecule has 148 valence electrons. The predicted molar refractivity (Wildman–Crippen MR) is 109 cm³/mol. The van der Waals surface area contributed by atoms with E-state index in [9.17, 15) is 4.79 Å². The van der Waals surface area contributed by atoms with Crippen LogP contribution in [0, 0.1) is 5.92 Å². The van der Waals surface area contributed by atoms with Gasteiger partial charge in [0, 0.05) is 22.8 Å². The molecule has 0 bridgehead atoms. The molecule has 6 nitrogen and oxygen atoms in total. The molecule has 2 aromatic rings. The number of benzene rings is 2. The van der Waals surface area contributed by atoms with Crippen molar-refractivity contribution in [2.45, 2.75) is 13.8 Å². The van der Waals surface area contributed by atoms with Crippen molar-refractivity contribution >= 4 is 17.5 Å². The van der Waals surface area contributed by atoms with Crippen LogP contribution in [0.2, 0.25) is 0 Å². The first kappa shape index (κ1) is 19.6. The average Bonchev–Trinajstić information content (AvgIpc) is 2.70. The van der Waals surface area contributed by atoms with Crippen LogP contribution in [0.15, 0.2) is 35.9 Å². The molecule has 0 radical (unpaired) electrons. The van der Waals surface area contributed by atoms with Gasteiger partial charge in [0.15, 0.2) is 17.3 Å². The maximum absolute atomic E-state index is 13.2. The first-order chi connectivity index (χ1) is 13.4. The molecule has 6 heteroatoms. The first-order valence-corrected chi connectivity index (χ1v) is 9.12. The first-order valence-electron chi connectivity index (χ1n) is 9.12. The lowest BCUT2D eigenvalue weighted by molar-refractivity contribution is 0.102. The lowest BCUT2D eigenvalue weighted by atomic mass is 9.92. The van der Waals surface area contributed by atoms with Gasteiger partial charge in [0.25, 0.3) is 0 Å². The molecule has 0 atom stereocenters. The second-order valence-corrected chi connectivity index (χ2v) is 6.78. The fourth-order valence-electron chi connectivity index (χ4n) is 3.06. The van der Waals surface area contributed by atoms with Crippen molar-refractivity contribution < 1.29 is 23.7 Å². The zero-order chi connectivity index (χ0) is 20.3. The molecule has 0 saturated carbocycles. The maximum atomic E-state index is 13.2. The highest BCUT2D eigenvalue weighted by molar-refractivity contribution is 6.12. The second-order valence-electron chi connectivity index (χ2n) is 6.78. The Morgan fingerprint density at radius 1 is 1.04 bits per heavy atom. The second kappa shape index (κ2) is 8.25. The van der Waals surface area contributed by atoms with Gasteiger partial charge in [0.05, 0.1) is 19.9 Å². The molecule has 0 amide bonds. The number of Topliss-reactive ketones (excluding diaryl/α,β-unsaturated/α-hetero) is 1. The number of ether oxygens (including phenoxy) is 4. The van der Waals surface area contributed by atoms with Crippen molar-refractivity contribution in [2.24, 2.45) is 5.92 Å². The molecule has 0 spiro atoms. The Hall–Kier alpha value is -3.15. The van der Waals surface area contributed by atoms with E-state index >= 15 is 0 Å². The van der Waals surface area contributed by atoms with Crippen molar-refractivity contribution in [2.75, 3.05) is 33.2 Å². The number of allylic oxidation sites excluding steroid dienone is 1. The van der Waals surface area contributed by atoms with Crippen LogP contribution >= 0.6 is 0 Å². The smallest absolute Gasteiger partial charge is 0.189 e. The molecule has 0 fully saturated rings. The molecule has 2 aromatic carbocycles. The molecule has 3 rings (SSSR count). The van der Waals surface area contributed by atoms with E-state index in [2.05, 4.69) is 0 Å². The van der Waals surface area contributed by atoms with Crippen molar-refractivity contribution in [3.8, 4) is 23.0 Å². The maximum Gasteiger partial charge on any atom is 0.189 e. The highest BCUT2D eigenvalue weighted by atomic mass is 16.6. The van der Waals surface area contributed by atoms with Gasteiger partial charge in [-0.05, 0) is 36.3 Å². The van der Waals surface area contributed by atoms with Gasteiger partial charge in [-0.1, -0.05) is 13.8 Å². The number of hydrogen-bond donors (Lipinski definition) is 1. The van der Waals surface area contributed by atoms with Crippen molar-refractivity contribution in [1.29, 1.82) is 0 Å². The quantitative estimate of drug-likeness (QED) is 0.462. The number of anilines is 1. The van der Waals surface area contributed by atoms with Crippen LogP contribution in [0.5, 0.6) is 23.0 Å². The number of nitrogens with two attached hydrogens (primary N) is 1. The van der Waals surface area contributed by atoms with Crippen LogP contribution < -0.4 is 24.7 Å². The Morgan fingerprint density at radius 3 is 2.29 bits per heavy atom. The van der Waals surface area contributed by atoms with E-state index in [0.717, 1.165) is 5.56 Å². The number of nitrogen functional groups attached to an aromatic ring is 1. The average molecular weight is 383 g/mol. The zero-order valence-electron chi connectivity index (χ0n) is 16.6. The molecular formula is C22H25NO5. The van der Waals surface area contributed by atoms with Gasteiger partial charge in [0.2, 0.25) is 0 Å². The van der Waals surface area contributed by atoms with Gasteiger partial charge in [-0.3, -0.25) is 4.79 Å². The zero-order valence-corrected chi connectivity index (χ0v) is 16.6. The summed E-state index contributed by atoms with van der Waals surface area (Å²) in [6.45, 7) is 4.94. The van der Waals surface area contributed by atoms with Gasteiger partial charge in [0.1, 0.15) is 24.7 Å². The number of carbonyl (C=O) groups excluding carboxylic acids is 1. The molecule has 0 aromatic heterocycles. The third-order valence-electron chi connectivity index (χ3n) is 4.59. The van der Waals surface area contributed by atoms with Gasteiger partial charge in [-0.2, -0.15) is 0 Å². The molecule has 1 aliphatic rings.